The molecule has 19 heavy (non-hydrogen) atoms. The van der Waals surface area contributed by atoms with Gasteiger partial charge in [-0.15, -0.1) is 22.7 Å². The number of carbonyl (C=O) groups is 1. The van der Waals surface area contributed by atoms with Gasteiger partial charge in [0.25, 0.3) is 5.91 Å². The van der Waals surface area contributed by atoms with E-state index in [-0.39, 0.29) is 11.9 Å². The predicted octanol–water partition coefficient (Wildman–Crippen LogP) is 3.71. The number of aromatic nitrogens is 1. The van der Waals surface area contributed by atoms with Crippen LogP contribution >= 0.6 is 22.7 Å². The van der Waals surface area contributed by atoms with Crippen molar-refractivity contribution in [3.63, 3.8) is 0 Å². The van der Waals surface area contributed by atoms with Crippen molar-refractivity contribution in [1.29, 1.82) is 0 Å². The average Bonchev–Trinajstić information content (AvgIpc) is 2.94. The zero-order chi connectivity index (χ0) is 13.4. The van der Waals surface area contributed by atoms with Crippen molar-refractivity contribution in [2.75, 3.05) is 0 Å². The Balaban J connectivity index is 1.78. The summed E-state index contributed by atoms with van der Waals surface area (Å²) in [4.78, 5) is 18.6. The molecule has 2 aromatic heterocycles. The summed E-state index contributed by atoms with van der Waals surface area (Å²) < 4.78 is 0. The Morgan fingerprint density at radius 1 is 1.53 bits per heavy atom. The van der Waals surface area contributed by atoms with Crippen LogP contribution in [0.4, 0.5) is 0 Å². The van der Waals surface area contributed by atoms with E-state index in [1.807, 2.05) is 24.4 Å². The Hall–Kier alpha value is -1.20. The second-order valence-corrected chi connectivity index (χ2v) is 6.96. The molecule has 0 aliphatic heterocycles. The van der Waals surface area contributed by atoms with Crippen molar-refractivity contribution in [2.24, 2.45) is 5.92 Å². The number of hydrogen-bond acceptors (Lipinski definition) is 4. The maximum atomic E-state index is 12.3. The molecule has 1 saturated carbocycles. The minimum Gasteiger partial charge on any atom is -0.349 e. The van der Waals surface area contributed by atoms with Crippen LogP contribution in [0.3, 0.4) is 0 Å². The van der Waals surface area contributed by atoms with Crippen LogP contribution in [0.15, 0.2) is 17.5 Å². The van der Waals surface area contributed by atoms with Crippen LogP contribution in [-0.4, -0.2) is 16.9 Å². The smallest absolute Gasteiger partial charge is 0.263 e. The summed E-state index contributed by atoms with van der Waals surface area (Å²) in [6.45, 7) is 4.00. The van der Waals surface area contributed by atoms with Crippen LogP contribution in [0.2, 0.25) is 0 Å². The number of rotatable bonds is 4. The molecular formula is C14H16N2OS2. The average molecular weight is 292 g/mol. The molecule has 0 spiro atoms. The molecule has 0 aromatic carbocycles. The molecule has 5 heteroatoms. The number of hydrogen-bond donors (Lipinski definition) is 1. The van der Waals surface area contributed by atoms with E-state index in [1.54, 1.807) is 11.3 Å². The number of thiazole rings is 1. The maximum Gasteiger partial charge on any atom is 0.263 e. The summed E-state index contributed by atoms with van der Waals surface area (Å²) >= 11 is 3.14. The SMILES string of the molecule is Cc1nc(-c2cccs2)sc1C(=O)NC(C)C1CC1. The summed E-state index contributed by atoms with van der Waals surface area (Å²) in [5, 5.41) is 6.06. The second kappa shape index (κ2) is 5.06. The van der Waals surface area contributed by atoms with Gasteiger partial charge in [0.1, 0.15) is 9.88 Å². The number of aryl methyl sites for hydroxylation is 1. The van der Waals surface area contributed by atoms with Gasteiger partial charge in [-0.25, -0.2) is 4.98 Å². The monoisotopic (exact) mass is 292 g/mol. The third kappa shape index (κ3) is 2.72. The van der Waals surface area contributed by atoms with Gasteiger partial charge in [0.05, 0.1) is 10.6 Å². The van der Waals surface area contributed by atoms with E-state index in [4.69, 9.17) is 0 Å². The van der Waals surface area contributed by atoms with Crippen LogP contribution in [0.25, 0.3) is 9.88 Å². The molecule has 1 amide bonds. The fraction of sp³-hybridized carbons (Fsp3) is 0.429. The lowest BCUT2D eigenvalue weighted by Crippen LogP contribution is -2.33. The van der Waals surface area contributed by atoms with Gasteiger partial charge < -0.3 is 5.32 Å². The lowest BCUT2D eigenvalue weighted by molar-refractivity contribution is 0.0939. The molecule has 3 rings (SSSR count). The Kier molecular flexibility index (Phi) is 3.41. The van der Waals surface area contributed by atoms with E-state index in [1.165, 1.54) is 24.2 Å². The number of thiophene rings is 1. The van der Waals surface area contributed by atoms with E-state index in [9.17, 15) is 4.79 Å². The van der Waals surface area contributed by atoms with Crippen molar-refractivity contribution in [3.05, 3.63) is 28.1 Å². The number of nitrogens with zero attached hydrogens (tertiary/aromatic N) is 1. The van der Waals surface area contributed by atoms with E-state index in [0.29, 0.717) is 5.92 Å². The molecule has 3 nitrogen and oxygen atoms in total. The molecule has 1 aliphatic rings. The fourth-order valence-electron chi connectivity index (χ4n) is 2.10. The van der Waals surface area contributed by atoms with Gasteiger partial charge in [0, 0.05) is 6.04 Å². The molecule has 1 unspecified atom stereocenters. The standard InChI is InChI=1S/C14H16N2OS2/c1-8(10-5-6-10)15-13(17)12-9(2)16-14(19-12)11-4-3-7-18-11/h3-4,7-8,10H,5-6H2,1-2H3,(H,15,17). The van der Waals surface area contributed by atoms with Gasteiger partial charge in [-0.05, 0) is 44.1 Å². The molecule has 1 fully saturated rings. The minimum absolute atomic E-state index is 0.0252. The van der Waals surface area contributed by atoms with Gasteiger partial charge in [0.15, 0.2) is 0 Å². The Labute approximate surface area is 120 Å². The Morgan fingerprint density at radius 3 is 2.95 bits per heavy atom. The lowest BCUT2D eigenvalue weighted by Gasteiger charge is -2.11. The zero-order valence-corrected chi connectivity index (χ0v) is 12.6. The lowest BCUT2D eigenvalue weighted by atomic mass is 10.2. The van der Waals surface area contributed by atoms with Crippen molar-refractivity contribution in [1.82, 2.24) is 10.3 Å². The number of amides is 1. The van der Waals surface area contributed by atoms with Gasteiger partial charge >= 0.3 is 0 Å². The first kappa shape index (κ1) is 12.8. The highest BCUT2D eigenvalue weighted by atomic mass is 32.1. The van der Waals surface area contributed by atoms with Crippen LogP contribution < -0.4 is 5.32 Å². The summed E-state index contributed by atoms with van der Waals surface area (Å²) in [7, 11) is 0. The van der Waals surface area contributed by atoms with E-state index in [0.717, 1.165) is 20.5 Å². The highest BCUT2D eigenvalue weighted by molar-refractivity contribution is 7.22. The van der Waals surface area contributed by atoms with Gasteiger partial charge in [-0.1, -0.05) is 6.07 Å². The third-order valence-electron chi connectivity index (χ3n) is 3.42. The summed E-state index contributed by atoms with van der Waals surface area (Å²) in [5.41, 5.74) is 0.828. The highest BCUT2D eigenvalue weighted by Crippen LogP contribution is 2.34. The molecule has 1 N–H and O–H groups in total. The van der Waals surface area contributed by atoms with Crippen molar-refractivity contribution in [2.45, 2.75) is 32.7 Å². The molecule has 1 aliphatic carbocycles. The molecule has 0 bridgehead atoms. The first-order chi connectivity index (χ1) is 9.15. The van der Waals surface area contributed by atoms with Crippen molar-refractivity contribution in [3.8, 4) is 9.88 Å². The predicted molar refractivity (Wildman–Crippen MR) is 79.8 cm³/mol. The third-order valence-corrected chi connectivity index (χ3v) is 5.62. The molecule has 0 saturated heterocycles. The fourth-order valence-corrected chi connectivity index (χ4v) is 3.87. The summed E-state index contributed by atoms with van der Waals surface area (Å²) in [6.07, 6.45) is 2.48. The number of carbonyl (C=O) groups excluding carboxylic acids is 1. The van der Waals surface area contributed by atoms with Crippen LogP contribution in [0.5, 0.6) is 0 Å². The molecule has 2 heterocycles. The van der Waals surface area contributed by atoms with Crippen LogP contribution in [0, 0.1) is 12.8 Å². The first-order valence-electron chi connectivity index (χ1n) is 6.47. The normalized spacial score (nSPS) is 16.3. The quantitative estimate of drug-likeness (QED) is 0.933. The largest absolute Gasteiger partial charge is 0.349 e. The van der Waals surface area contributed by atoms with Crippen LogP contribution in [0.1, 0.15) is 35.1 Å². The van der Waals surface area contributed by atoms with Crippen LogP contribution in [-0.2, 0) is 0 Å². The van der Waals surface area contributed by atoms with Gasteiger partial charge in [0.2, 0.25) is 0 Å². The number of nitrogens with one attached hydrogen (secondary N) is 1. The molecule has 2 aromatic rings. The maximum absolute atomic E-state index is 12.3. The van der Waals surface area contributed by atoms with E-state index >= 15 is 0 Å². The zero-order valence-electron chi connectivity index (χ0n) is 11.0. The van der Waals surface area contributed by atoms with Crippen molar-refractivity contribution < 1.29 is 4.79 Å². The van der Waals surface area contributed by atoms with Gasteiger partial charge in [-0.3, -0.25) is 4.79 Å². The van der Waals surface area contributed by atoms with Gasteiger partial charge in [-0.2, -0.15) is 0 Å². The Bertz CT molecular complexity index is 585. The minimum atomic E-state index is 0.0252. The summed E-state index contributed by atoms with van der Waals surface area (Å²) in [6, 6.07) is 4.32. The molecule has 0 radical (unpaired) electrons. The summed E-state index contributed by atoms with van der Waals surface area (Å²) in [5.74, 6) is 0.700. The molecule has 100 valence electrons. The molecular weight excluding hydrogens is 276 g/mol. The van der Waals surface area contributed by atoms with E-state index < -0.39 is 0 Å². The Morgan fingerprint density at radius 2 is 2.32 bits per heavy atom. The topological polar surface area (TPSA) is 42.0 Å². The van der Waals surface area contributed by atoms with E-state index in [2.05, 4.69) is 17.2 Å². The first-order valence-corrected chi connectivity index (χ1v) is 8.17. The highest BCUT2D eigenvalue weighted by Gasteiger charge is 2.29. The van der Waals surface area contributed by atoms with Crippen molar-refractivity contribution >= 4 is 28.6 Å². The second-order valence-electron chi connectivity index (χ2n) is 5.01. The molecule has 1 atom stereocenters.